The third-order valence-electron chi connectivity index (χ3n) is 3.67. The quantitative estimate of drug-likeness (QED) is 0.421. The van der Waals surface area contributed by atoms with E-state index < -0.39 is 0 Å². The van der Waals surface area contributed by atoms with Gasteiger partial charge in [-0.1, -0.05) is 0 Å². The van der Waals surface area contributed by atoms with Gasteiger partial charge in [-0.25, -0.2) is 14.6 Å². The van der Waals surface area contributed by atoms with Gasteiger partial charge in [0.2, 0.25) is 0 Å². The standard InChI is InChI=1S/C14H21N7S.HI/c1-10-7-17-13(22-10)5-6-16-14(15-2)20-11-3-4-12-18-9-19-21(12)8-11;/h7,9,11H,3-6,8H2,1-2H3,(H2,15,16,20);1H. The molecule has 126 valence electrons. The molecule has 1 atom stereocenters. The summed E-state index contributed by atoms with van der Waals surface area (Å²) in [5, 5.41) is 12.2. The summed E-state index contributed by atoms with van der Waals surface area (Å²) in [6.45, 7) is 3.74. The van der Waals surface area contributed by atoms with Crippen LogP contribution in [0.2, 0.25) is 0 Å². The Balaban J connectivity index is 0.00000192. The van der Waals surface area contributed by atoms with Crippen molar-refractivity contribution < 1.29 is 0 Å². The summed E-state index contributed by atoms with van der Waals surface area (Å²) in [6.07, 6.45) is 6.46. The fraction of sp³-hybridized carbons (Fsp3) is 0.571. The highest BCUT2D eigenvalue weighted by molar-refractivity contribution is 14.0. The van der Waals surface area contributed by atoms with E-state index in [1.807, 2.05) is 10.9 Å². The summed E-state index contributed by atoms with van der Waals surface area (Å²) < 4.78 is 1.97. The van der Waals surface area contributed by atoms with Crippen LogP contribution in [0.1, 0.15) is 22.1 Å². The summed E-state index contributed by atoms with van der Waals surface area (Å²) in [7, 11) is 1.80. The largest absolute Gasteiger partial charge is 0.356 e. The maximum absolute atomic E-state index is 4.37. The van der Waals surface area contributed by atoms with Crippen molar-refractivity contribution >= 4 is 41.3 Å². The van der Waals surface area contributed by atoms with Gasteiger partial charge >= 0.3 is 0 Å². The number of nitrogens with zero attached hydrogens (tertiary/aromatic N) is 5. The average molecular weight is 447 g/mol. The second-order valence-corrected chi connectivity index (χ2v) is 6.67. The lowest BCUT2D eigenvalue weighted by molar-refractivity contribution is 0.393. The first-order valence-corrected chi connectivity index (χ1v) is 8.31. The zero-order valence-corrected chi connectivity index (χ0v) is 16.5. The lowest BCUT2D eigenvalue weighted by Crippen LogP contribution is -2.47. The van der Waals surface area contributed by atoms with E-state index in [1.54, 1.807) is 24.7 Å². The van der Waals surface area contributed by atoms with E-state index in [0.717, 1.165) is 49.1 Å². The first-order valence-electron chi connectivity index (χ1n) is 7.50. The Hall–Kier alpha value is -1.23. The molecule has 0 saturated heterocycles. The number of rotatable bonds is 4. The predicted octanol–water partition coefficient (Wildman–Crippen LogP) is 1.38. The zero-order valence-electron chi connectivity index (χ0n) is 13.3. The van der Waals surface area contributed by atoms with E-state index in [4.69, 9.17) is 0 Å². The second-order valence-electron chi connectivity index (χ2n) is 5.35. The maximum atomic E-state index is 4.37. The summed E-state index contributed by atoms with van der Waals surface area (Å²) in [5.41, 5.74) is 0. The Bertz CT molecular complexity index is 651. The molecule has 0 aliphatic carbocycles. The number of fused-ring (bicyclic) bond motifs is 1. The number of hydrogen-bond acceptors (Lipinski definition) is 5. The molecule has 2 aromatic heterocycles. The van der Waals surface area contributed by atoms with E-state index in [1.165, 1.54) is 4.88 Å². The fourth-order valence-electron chi connectivity index (χ4n) is 2.55. The molecule has 0 radical (unpaired) electrons. The van der Waals surface area contributed by atoms with E-state index >= 15 is 0 Å². The highest BCUT2D eigenvalue weighted by atomic mass is 127. The van der Waals surface area contributed by atoms with Gasteiger partial charge in [0.15, 0.2) is 5.96 Å². The van der Waals surface area contributed by atoms with E-state index in [-0.39, 0.29) is 24.0 Å². The lowest BCUT2D eigenvalue weighted by Gasteiger charge is -2.25. The van der Waals surface area contributed by atoms with Crippen molar-refractivity contribution in [3.8, 4) is 0 Å². The number of aryl methyl sites for hydroxylation is 2. The Kier molecular flexibility index (Phi) is 6.75. The molecule has 0 saturated carbocycles. The van der Waals surface area contributed by atoms with Crippen LogP contribution in [0.3, 0.4) is 0 Å². The van der Waals surface area contributed by atoms with Gasteiger partial charge in [0.05, 0.1) is 11.6 Å². The number of aliphatic imine (C=N–C) groups is 1. The minimum atomic E-state index is 0. The van der Waals surface area contributed by atoms with Crippen LogP contribution in [-0.2, 0) is 19.4 Å². The number of nitrogens with one attached hydrogen (secondary N) is 2. The molecule has 1 aliphatic heterocycles. The van der Waals surface area contributed by atoms with Gasteiger partial charge in [0.25, 0.3) is 0 Å². The molecule has 2 aromatic rings. The Morgan fingerprint density at radius 1 is 1.48 bits per heavy atom. The first-order chi connectivity index (χ1) is 10.7. The monoisotopic (exact) mass is 447 g/mol. The molecule has 23 heavy (non-hydrogen) atoms. The van der Waals surface area contributed by atoms with Gasteiger partial charge < -0.3 is 10.6 Å². The van der Waals surface area contributed by atoms with E-state index in [0.29, 0.717) is 6.04 Å². The normalized spacial score (nSPS) is 17.3. The average Bonchev–Trinajstić information content (AvgIpc) is 3.14. The third kappa shape index (κ3) is 4.87. The second kappa shape index (κ2) is 8.57. The van der Waals surface area contributed by atoms with Crippen molar-refractivity contribution in [3.63, 3.8) is 0 Å². The van der Waals surface area contributed by atoms with Crippen molar-refractivity contribution in [1.29, 1.82) is 0 Å². The summed E-state index contributed by atoms with van der Waals surface area (Å²) in [6, 6.07) is 0.336. The van der Waals surface area contributed by atoms with Crippen molar-refractivity contribution in [3.05, 3.63) is 28.2 Å². The molecule has 0 spiro atoms. The molecular formula is C14H22IN7S. The molecule has 3 heterocycles. The summed E-state index contributed by atoms with van der Waals surface area (Å²) >= 11 is 1.75. The minimum Gasteiger partial charge on any atom is -0.356 e. The molecule has 9 heteroatoms. The Morgan fingerprint density at radius 2 is 2.35 bits per heavy atom. The van der Waals surface area contributed by atoms with E-state index in [9.17, 15) is 0 Å². The number of thiazole rings is 1. The molecule has 2 N–H and O–H groups in total. The molecule has 3 rings (SSSR count). The van der Waals surface area contributed by atoms with Gasteiger partial charge in [-0.05, 0) is 13.3 Å². The fourth-order valence-corrected chi connectivity index (χ4v) is 3.33. The number of aromatic nitrogens is 4. The van der Waals surface area contributed by atoms with Crippen LogP contribution >= 0.6 is 35.3 Å². The molecule has 7 nitrogen and oxygen atoms in total. The van der Waals surface area contributed by atoms with Crippen LogP contribution in [0, 0.1) is 6.92 Å². The van der Waals surface area contributed by atoms with E-state index in [2.05, 4.69) is 37.6 Å². The van der Waals surface area contributed by atoms with Gasteiger partial charge in [-0.15, -0.1) is 35.3 Å². The first kappa shape index (κ1) is 18.1. The molecule has 1 unspecified atom stereocenters. The van der Waals surface area contributed by atoms with Crippen LogP contribution in [0.25, 0.3) is 0 Å². The topological polar surface area (TPSA) is 80.0 Å². The van der Waals surface area contributed by atoms with Gasteiger partial charge in [-0.2, -0.15) is 5.10 Å². The van der Waals surface area contributed by atoms with Crippen molar-refractivity contribution in [2.45, 2.75) is 38.8 Å². The smallest absolute Gasteiger partial charge is 0.191 e. The lowest BCUT2D eigenvalue weighted by atomic mass is 10.1. The number of hydrogen-bond donors (Lipinski definition) is 2. The molecular weight excluding hydrogens is 425 g/mol. The van der Waals surface area contributed by atoms with Crippen molar-refractivity contribution in [1.82, 2.24) is 30.4 Å². The van der Waals surface area contributed by atoms with Crippen molar-refractivity contribution in [2.24, 2.45) is 4.99 Å². The highest BCUT2D eigenvalue weighted by Gasteiger charge is 2.20. The van der Waals surface area contributed by atoms with Crippen LogP contribution in [0.5, 0.6) is 0 Å². The molecule has 0 bridgehead atoms. The third-order valence-corrected chi connectivity index (χ3v) is 4.64. The zero-order chi connectivity index (χ0) is 15.4. The maximum Gasteiger partial charge on any atom is 0.191 e. The molecule has 0 aromatic carbocycles. The summed E-state index contributed by atoms with van der Waals surface area (Å²) in [5.74, 6) is 1.90. The van der Waals surface area contributed by atoms with Gasteiger partial charge in [-0.3, -0.25) is 4.99 Å². The molecule has 1 aliphatic rings. The van der Waals surface area contributed by atoms with Gasteiger partial charge in [0, 0.05) is 43.5 Å². The Morgan fingerprint density at radius 3 is 3.09 bits per heavy atom. The summed E-state index contributed by atoms with van der Waals surface area (Å²) in [4.78, 5) is 14.2. The molecule has 0 amide bonds. The predicted molar refractivity (Wildman–Crippen MR) is 103 cm³/mol. The van der Waals surface area contributed by atoms with Crippen LogP contribution in [0.15, 0.2) is 17.5 Å². The van der Waals surface area contributed by atoms with Crippen LogP contribution < -0.4 is 10.6 Å². The number of halogens is 1. The van der Waals surface area contributed by atoms with Gasteiger partial charge in [0.1, 0.15) is 12.2 Å². The van der Waals surface area contributed by atoms with Crippen molar-refractivity contribution in [2.75, 3.05) is 13.6 Å². The Labute approximate surface area is 157 Å². The van der Waals surface area contributed by atoms with Crippen LogP contribution in [-0.4, -0.2) is 45.3 Å². The minimum absolute atomic E-state index is 0. The molecule has 0 fully saturated rings. The highest BCUT2D eigenvalue weighted by Crippen LogP contribution is 2.12. The van der Waals surface area contributed by atoms with Crippen LogP contribution in [0.4, 0.5) is 0 Å². The SMILES string of the molecule is CN=C(NCCc1ncc(C)s1)NC1CCc2ncnn2C1.I. The number of guanidine groups is 1.